The number of methoxy groups -OCH3 is 2. The molecule has 2 amide bonds. The van der Waals surface area contributed by atoms with Crippen LogP contribution in [0.5, 0.6) is 11.5 Å². The maximum Gasteiger partial charge on any atom is 0.267 e. The van der Waals surface area contributed by atoms with Crippen LogP contribution in [0.1, 0.15) is 20.7 Å². The zero-order chi connectivity index (χ0) is 18.4. The molecule has 0 aliphatic carbocycles. The Morgan fingerprint density at radius 2 is 1.50 bits per heavy atom. The monoisotopic (exact) mass is 369 g/mol. The van der Waals surface area contributed by atoms with Gasteiger partial charge in [0.2, 0.25) is 5.28 Å². The fraction of sp³-hybridized carbons (Fsp3) is 0.111. The Balaban J connectivity index is 1.98. The van der Waals surface area contributed by atoms with E-state index in [0.29, 0.717) is 33.5 Å². The number of ether oxygens (including phenoxy) is 2. The third kappa shape index (κ3) is 2.28. The summed E-state index contributed by atoms with van der Waals surface area (Å²) in [6.45, 7) is 0. The van der Waals surface area contributed by atoms with Gasteiger partial charge in [0.25, 0.3) is 11.8 Å². The van der Waals surface area contributed by atoms with Crippen molar-refractivity contribution in [1.29, 1.82) is 0 Å². The van der Waals surface area contributed by atoms with Crippen LogP contribution in [-0.4, -0.2) is 36.0 Å². The summed E-state index contributed by atoms with van der Waals surface area (Å²) in [5, 5.41) is 0.359. The lowest BCUT2D eigenvalue weighted by molar-refractivity contribution is 0.0925. The standard InChI is InChI=1S/C18H12ClN3O4/c1-25-13-7-11-12(8-14(13)26-2)20-18(19)21-15(11)22-16(23)9-5-3-4-6-10(9)17(22)24/h3-8H,1-2H3. The number of carbonyl (C=O) groups is 2. The van der Waals surface area contributed by atoms with Crippen LogP contribution in [0.3, 0.4) is 0 Å². The van der Waals surface area contributed by atoms with Crippen molar-refractivity contribution in [1.82, 2.24) is 9.97 Å². The van der Waals surface area contributed by atoms with Crippen LogP contribution >= 0.6 is 11.6 Å². The van der Waals surface area contributed by atoms with Crippen molar-refractivity contribution in [3.63, 3.8) is 0 Å². The van der Waals surface area contributed by atoms with Gasteiger partial charge in [0.05, 0.1) is 30.9 Å². The van der Waals surface area contributed by atoms with Crippen LogP contribution in [0, 0.1) is 0 Å². The molecule has 2 aromatic carbocycles. The van der Waals surface area contributed by atoms with Gasteiger partial charge in [-0.3, -0.25) is 9.59 Å². The Morgan fingerprint density at radius 1 is 0.923 bits per heavy atom. The molecule has 0 bridgehead atoms. The molecular weight excluding hydrogens is 358 g/mol. The minimum Gasteiger partial charge on any atom is -0.493 e. The van der Waals surface area contributed by atoms with Crippen molar-refractivity contribution < 1.29 is 19.1 Å². The molecule has 130 valence electrons. The highest BCUT2D eigenvalue weighted by Gasteiger charge is 2.38. The highest BCUT2D eigenvalue weighted by Crippen LogP contribution is 2.38. The second kappa shape index (κ2) is 5.96. The Morgan fingerprint density at radius 3 is 2.08 bits per heavy atom. The number of aromatic nitrogens is 2. The van der Waals surface area contributed by atoms with E-state index in [1.807, 2.05) is 0 Å². The predicted molar refractivity (Wildman–Crippen MR) is 95.2 cm³/mol. The second-order valence-electron chi connectivity index (χ2n) is 5.53. The van der Waals surface area contributed by atoms with Crippen molar-refractivity contribution >= 4 is 40.1 Å². The van der Waals surface area contributed by atoms with E-state index in [4.69, 9.17) is 21.1 Å². The van der Waals surface area contributed by atoms with Gasteiger partial charge < -0.3 is 9.47 Å². The molecule has 0 atom stereocenters. The highest BCUT2D eigenvalue weighted by molar-refractivity contribution is 6.36. The van der Waals surface area contributed by atoms with Crippen LogP contribution in [0.2, 0.25) is 5.28 Å². The van der Waals surface area contributed by atoms with Crippen LogP contribution < -0.4 is 14.4 Å². The van der Waals surface area contributed by atoms with E-state index < -0.39 is 11.8 Å². The maximum absolute atomic E-state index is 12.8. The third-order valence-electron chi connectivity index (χ3n) is 4.16. The van der Waals surface area contributed by atoms with E-state index in [0.717, 1.165) is 4.90 Å². The summed E-state index contributed by atoms with van der Waals surface area (Å²) in [6, 6.07) is 9.83. The molecule has 0 saturated heterocycles. The maximum atomic E-state index is 12.8. The average Bonchev–Trinajstić information content (AvgIpc) is 2.91. The van der Waals surface area contributed by atoms with E-state index in [-0.39, 0.29) is 11.1 Å². The number of rotatable bonds is 3. The summed E-state index contributed by atoms with van der Waals surface area (Å²) in [5.41, 5.74) is 1.07. The van der Waals surface area contributed by atoms with Crippen LogP contribution in [0.4, 0.5) is 5.82 Å². The number of hydrogen-bond acceptors (Lipinski definition) is 6. The minimum absolute atomic E-state index is 0.0868. The number of amides is 2. The second-order valence-corrected chi connectivity index (χ2v) is 5.87. The van der Waals surface area contributed by atoms with Crippen molar-refractivity contribution in [3.05, 3.63) is 52.8 Å². The van der Waals surface area contributed by atoms with E-state index in [2.05, 4.69) is 9.97 Å². The SMILES string of the molecule is COc1cc2nc(Cl)nc(N3C(=O)c4ccccc4C3=O)c2cc1OC. The zero-order valence-corrected chi connectivity index (χ0v) is 14.6. The van der Waals surface area contributed by atoms with E-state index in [1.54, 1.807) is 36.4 Å². The minimum atomic E-state index is -0.462. The first-order chi connectivity index (χ1) is 12.5. The van der Waals surface area contributed by atoms with Gasteiger partial charge in [-0.1, -0.05) is 12.1 Å². The number of imide groups is 1. The fourth-order valence-corrected chi connectivity index (χ4v) is 3.14. The van der Waals surface area contributed by atoms with Gasteiger partial charge in [0.1, 0.15) is 0 Å². The van der Waals surface area contributed by atoms with Crippen molar-refractivity contribution in [2.24, 2.45) is 0 Å². The Kier molecular flexibility index (Phi) is 3.73. The van der Waals surface area contributed by atoms with Gasteiger partial charge in [-0.25, -0.2) is 9.88 Å². The van der Waals surface area contributed by atoms with Gasteiger partial charge >= 0.3 is 0 Å². The van der Waals surface area contributed by atoms with Crippen LogP contribution in [-0.2, 0) is 0 Å². The van der Waals surface area contributed by atoms with E-state index >= 15 is 0 Å². The molecule has 0 spiro atoms. The molecule has 7 nitrogen and oxygen atoms in total. The largest absolute Gasteiger partial charge is 0.493 e. The first kappa shape index (κ1) is 16.3. The Bertz CT molecular complexity index is 1050. The molecule has 2 heterocycles. The van der Waals surface area contributed by atoms with Gasteiger partial charge in [-0.2, -0.15) is 4.98 Å². The lowest BCUT2D eigenvalue weighted by atomic mass is 10.1. The summed E-state index contributed by atoms with van der Waals surface area (Å²) in [7, 11) is 2.99. The molecule has 1 aromatic heterocycles. The normalized spacial score (nSPS) is 13.3. The number of halogens is 1. The van der Waals surface area contributed by atoms with Crippen molar-refractivity contribution in [2.75, 3.05) is 19.1 Å². The predicted octanol–water partition coefficient (Wildman–Crippen LogP) is 3.10. The summed E-state index contributed by atoms with van der Waals surface area (Å²) in [6.07, 6.45) is 0. The molecule has 0 N–H and O–H groups in total. The van der Waals surface area contributed by atoms with Gasteiger partial charge in [0.15, 0.2) is 17.3 Å². The lowest BCUT2D eigenvalue weighted by Crippen LogP contribution is -2.30. The number of carbonyl (C=O) groups excluding carboxylic acids is 2. The van der Waals surface area contributed by atoms with Crippen LogP contribution in [0.25, 0.3) is 10.9 Å². The van der Waals surface area contributed by atoms with Crippen molar-refractivity contribution in [2.45, 2.75) is 0 Å². The first-order valence-corrected chi connectivity index (χ1v) is 8.00. The summed E-state index contributed by atoms with van der Waals surface area (Å²) in [5.74, 6) is 0.0481. The highest BCUT2D eigenvalue weighted by atomic mass is 35.5. The smallest absolute Gasteiger partial charge is 0.267 e. The molecular formula is C18H12ClN3O4. The molecule has 3 aromatic rings. The molecule has 1 aliphatic heterocycles. The number of anilines is 1. The molecule has 0 unspecified atom stereocenters. The average molecular weight is 370 g/mol. The summed E-state index contributed by atoms with van der Waals surface area (Å²) < 4.78 is 10.6. The molecule has 0 fully saturated rings. The molecule has 8 heteroatoms. The van der Waals surface area contributed by atoms with E-state index in [1.165, 1.54) is 14.2 Å². The number of fused-ring (bicyclic) bond motifs is 2. The van der Waals surface area contributed by atoms with Crippen LogP contribution in [0.15, 0.2) is 36.4 Å². The van der Waals surface area contributed by atoms with Crippen molar-refractivity contribution in [3.8, 4) is 11.5 Å². The third-order valence-corrected chi connectivity index (χ3v) is 4.33. The van der Waals surface area contributed by atoms with Gasteiger partial charge in [-0.05, 0) is 29.8 Å². The Labute approximate surface area is 153 Å². The number of benzene rings is 2. The van der Waals surface area contributed by atoms with E-state index in [9.17, 15) is 9.59 Å². The first-order valence-electron chi connectivity index (χ1n) is 7.62. The molecule has 0 radical (unpaired) electrons. The quantitative estimate of drug-likeness (QED) is 0.521. The zero-order valence-electron chi connectivity index (χ0n) is 13.8. The molecule has 0 saturated carbocycles. The summed E-state index contributed by atoms with van der Waals surface area (Å²) in [4.78, 5) is 34.9. The molecule has 26 heavy (non-hydrogen) atoms. The fourth-order valence-electron chi connectivity index (χ4n) is 2.96. The topological polar surface area (TPSA) is 81.6 Å². The Hall–Kier alpha value is -3.19. The molecule has 1 aliphatic rings. The van der Waals surface area contributed by atoms with Gasteiger partial charge in [-0.15, -0.1) is 0 Å². The summed E-state index contributed by atoms with van der Waals surface area (Å²) >= 11 is 6.03. The molecule has 4 rings (SSSR count). The number of nitrogens with zero attached hydrogens (tertiary/aromatic N) is 3. The van der Waals surface area contributed by atoms with Gasteiger partial charge in [0, 0.05) is 11.5 Å². The number of hydrogen-bond donors (Lipinski definition) is 0. The lowest BCUT2D eigenvalue weighted by Gasteiger charge is -2.16.